The third-order valence-electron chi connectivity index (χ3n) is 5.72. The van der Waals surface area contributed by atoms with Crippen molar-refractivity contribution in [3.8, 4) is 5.75 Å². The van der Waals surface area contributed by atoms with Crippen molar-refractivity contribution in [1.82, 2.24) is 14.8 Å². The second kappa shape index (κ2) is 9.14. The van der Waals surface area contributed by atoms with E-state index in [-0.39, 0.29) is 5.91 Å². The molecule has 4 rings (SSSR count). The number of ether oxygens (including phenoxy) is 1. The first-order valence-corrected chi connectivity index (χ1v) is 11.3. The maximum Gasteiger partial charge on any atom is 0.236 e. The second-order valence-electron chi connectivity index (χ2n) is 8.19. The molecule has 0 aliphatic carbocycles. The monoisotopic (exact) mass is 423 g/mol. The minimum absolute atomic E-state index is 0.190. The lowest BCUT2D eigenvalue weighted by Crippen LogP contribution is -2.43. The van der Waals surface area contributed by atoms with Crippen molar-refractivity contribution in [2.75, 3.05) is 33.8 Å². The summed E-state index contributed by atoms with van der Waals surface area (Å²) in [7, 11) is 3.68. The number of thiazole rings is 1. The summed E-state index contributed by atoms with van der Waals surface area (Å²) < 4.78 is 6.71. The van der Waals surface area contributed by atoms with E-state index in [4.69, 9.17) is 9.72 Å². The van der Waals surface area contributed by atoms with Gasteiger partial charge in [0.25, 0.3) is 0 Å². The van der Waals surface area contributed by atoms with E-state index in [1.807, 2.05) is 30.1 Å². The highest BCUT2D eigenvalue weighted by Gasteiger charge is 2.27. The summed E-state index contributed by atoms with van der Waals surface area (Å²) in [4.78, 5) is 21.9. The van der Waals surface area contributed by atoms with Crippen LogP contribution < -0.4 is 4.74 Å². The Labute approximate surface area is 182 Å². The van der Waals surface area contributed by atoms with Crippen LogP contribution in [0.4, 0.5) is 0 Å². The molecule has 1 aromatic heterocycles. The lowest BCUT2D eigenvalue weighted by atomic mass is 9.98. The molecule has 30 heavy (non-hydrogen) atoms. The minimum atomic E-state index is 0.190. The molecule has 0 saturated carbocycles. The van der Waals surface area contributed by atoms with Crippen LogP contribution in [0, 0.1) is 6.92 Å². The van der Waals surface area contributed by atoms with Gasteiger partial charge in [0.1, 0.15) is 5.75 Å². The molecular weight excluding hydrogens is 394 g/mol. The zero-order chi connectivity index (χ0) is 21.1. The highest BCUT2D eigenvalue weighted by atomic mass is 32.1. The molecule has 5 nitrogen and oxygen atoms in total. The summed E-state index contributed by atoms with van der Waals surface area (Å²) in [6, 6.07) is 14.4. The Balaban J connectivity index is 1.39. The van der Waals surface area contributed by atoms with Gasteiger partial charge in [0.15, 0.2) is 0 Å². The average Bonchev–Trinajstić information content (AvgIpc) is 3.18. The van der Waals surface area contributed by atoms with E-state index < -0.39 is 0 Å². The predicted octanol–water partition coefficient (Wildman–Crippen LogP) is 4.45. The van der Waals surface area contributed by atoms with Gasteiger partial charge >= 0.3 is 0 Å². The lowest BCUT2D eigenvalue weighted by Gasteiger charge is -2.33. The van der Waals surface area contributed by atoms with E-state index in [1.165, 1.54) is 10.3 Å². The normalized spacial score (nSPS) is 16.9. The smallest absolute Gasteiger partial charge is 0.236 e. The Morgan fingerprint density at radius 2 is 2.13 bits per heavy atom. The Bertz CT molecular complexity index is 999. The minimum Gasteiger partial charge on any atom is -0.496 e. The van der Waals surface area contributed by atoms with E-state index in [1.54, 1.807) is 18.4 Å². The number of carbonyl (C=O) groups excluding carboxylic acids is 1. The van der Waals surface area contributed by atoms with Crippen molar-refractivity contribution >= 4 is 27.5 Å². The lowest BCUT2D eigenvalue weighted by molar-refractivity contribution is -0.133. The molecule has 1 fully saturated rings. The molecule has 0 spiro atoms. The summed E-state index contributed by atoms with van der Waals surface area (Å²) in [6.07, 6.45) is 2.13. The number of carbonyl (C=O) groups is 1. The molecule has 1 aliphatic heterocycles. The topological polar surface area (TPSA) is 45.7 Å². The summed E-state index contributed by atoms with van der Waals surface area (Å²) in [5, 5.41) is 1.16. The van der Waals surface area contributed by atoms with Crippen LogP contribution in [0.15, 0.2) is 42.5 Å². The van der Waals surface area contributed by atoms with Gasteiger partial charge in [-0.3, -0.25) is 9.69 Å². The number of likely N-dealkylation sites (tertiary alicyclic amines) is 1. The molecule has 2 aromatic carbocycles. The Kier molecular flexibility index (Phi) is 6.35. The number of aromatic nitrogens is 1. The summed E-state index contributed by atoms with van der Waals surface area (Å²) >= 11 is 1.77. The quantitative estimate of drug-likeness (QED) is 0.588. The number of hydrogen-bond donors (Lipinski definition) is 0. The summed E-state index contributed by atoms with van der Waals surface area (Å²) in [6.45, 7) is 4.77. The standard InChI is InChI=1S/C24H29N3O2S/c1-17-10-11-21(29-3)19(13-17)14-26(2)16-23(28)27-12-6-7-18(15-27)24-25-20-8-4-5-9-22(20)30-24/h4-5,8-11,13,18H,6-7,12,14-16H2,1-3H3/t18-/m1/s1. The molecule has 1 saturated heterocycles. The molecule has 6 heteroatoms. The molecule has 158 valence electrons. The van der Waals surface area contributed by atoms with Crippen molar-refractivity contribution in [1.29, 1.82) is 0 Å². The van der Waals surface area contributed by atoms with Crippen LogP contribution in [0.5, 0.6) is 5.75 Å². The highest BCUT2D eigenvalue weighted by Crippen LogP contribution is 2.33. The third kappa shape index (κ3) is 4.65. The van der Waals surface area contributed by atoms with E-state index in [2.05, 4.69) is 36.1 Å². The molecule has 0 bridgehead atoms. The highest BCUT2D eigenvalue weighted by molar-refractivity contribution is 7.18. The first-order valence-electron chi connectivity index (χ1n) is 10.5. The van der Waals surface area contributed by atoms with Crippen molar-refractivity contribution in [2.24, 2.45) is 0 Å². The van der Waals surface area contributed by atoms with E-state index >= 15 is 0 Å². The number of methoxy groups -OCH3 is 1. The van der Waals surface area contributed by atoms with Gasteiger partial charge in [0, 0.05) is 31.1 Å². The molecule has 0 N–H and O–H groups in total. The van der Waals surface area contributed by atoms with E-state index in [0.29, 0.717) is 19.0 Å². The van der Waals surface area contributed by atoms with Crippen molar-refractivity contribution in [3.63, 3.8) is 0 Å². The number of nitrogens with zero attached hydrogens (tertiary/aromatic N) is 3. The summed E-state index contributed by atoms with van der Waals surface area (Å²) in [5.74, 6) is 1.39. The predicted molar refractivity (Wildman–Crippen MR) is 122 cm³/mol. The number of aryl methyl sites for hydroxylation is 1. The fraction of sp³-hybridized carbons (Fsp3) is 0.417. The number of piperidine rings is 1. The SMILES string of the molecule is COc1ccc(C)cc1CN(C)CC(=O)N1CCC[C@@H](c2nc3ccccc3s2)C1. The Hall–Kier alpha value is -2.44. The molecule has 3 aromatic rings. The third-order valence-corrected chi connectivity index (χ3v) is 6.91. The Morgan fingerprint density at radius 3 is 2.93 bits per heavy atom. The van der Waals surface area contributed by atoms with Gasteiger partial charge in [-0.2, -0.15) is 0 Å². The fourth-order valence-corrected chi connectivity index (χ4v) is 5.27. The number of amides is 1. The molecular formula is C24H29N3O2S. The Morgan fingerprint density at radius 1 is 1.30 bits per heavy atom. The van der Waals surface area contributed by atoms with Crippen molar-refractivity contribution in [2.45, 2.75) is 32.2 Å². The number of likely N-dealkylation sites (N-methyl/N-ethyl adjacent to an activating group) is 1. The van der Waals surface area contributed by atoms with Crippen LogP contribution in [0.1, 0.15) is 34.9 Å². The van der Waals surface area contributed by atoms with Gasteiger partial charge in [-0.05, 0) is 45.0 Å². The summed E-state index contributed by atoms with van der Waals surface area (Å²) in [5.41, 5.74) is 3.37. The van der Waals surface area contributed by atoms with Crippen molar-refractivity contribution < 1.29 is 9.53 Å². The van der Waals surface area contributed by atoms with Crippen LogP contribution in [0.2, 0.25) is 0 Å². The first kappa shape index (κ1) is 20.8. The van der Waals surface area contributed by atoms with Crippen LogP contribution in [-0.2, 0) is 11.3 Å². The van der Waals surface area contributed by atoms with Crippen LogP contribution >= 0.6 is 11.3 Å². The van der Waals surface area contributed by atoms with Gasteiger partial charge in [-0.15, -0.1) is 11.3 Å². The molecule has 2 heterocycles. The number of rotatable bonds is 6. The molecule has 1 atom stereocenters. The maximum atomic E-state index is 13.0. The molecule has 0 unspecified atom stereocenters. The van der Waals surface area contributed by atoms with Gasteiger partial charge in [-0.1, -0.05) is 29.8 Å². The van der Waals surface area contributed by atoms with Gasteiger partial charge in [0.2, 0.25) is 5.91 Å². The number of para-hydroxylation sites is 1. The van der Waals surface area contributed by atoms with E-state index in [9.17, 15) is 4.79 Å². The zero-order valence-electron chi connectivity index (χ0n) is 17.9. The first-order chi connectivity index (χ1) is 14.5. The number of benzene rings is 2. The fourth-order valence-electron chi connectivity index (χ4n) is 4.18. The number of hydrogen-bond acceptors (Lipinski definition) is 5. The van der Waals surface area contributed by atoms with Crippen LogP contribution in [-0.4, -0.2) is 54.5 Å². The number of fused-ring (bicyclic) bond motifs is 1. The molecule has 1 amide bonds. The average molecular weight is 424 g/mol. The zero-order valence-corrected chi connectivity index (χ0v) is 18.7. The van der Waals surface area contributed by atoms with E-state index in [0.717, 1.165) is 47.8 Å². The van der Waals surface area contributed by atoms with Gasteiger partial charge < -0.3 is 9.64 Å². The van der Waals surface area contributed by atoms with Crippen molar-refractivity contribution in [3.05, 3.63) is 58.6 Å². The largest absolute Gasteiger partial charge is 0.496 e. The molecule has 1 aliphatic rings. The maximum absolute atomic E-state index is 13.0. The van der Waals surface area contributed by atoms with Gasteiger partial charge in [0.05, 0.1) is 28.9 Å². The molecule has 0 radical (unpaired) electrons. The second-order valence-corrected chi connectivity index (χ2v) is 9.25. The van der Waals surface area contributed by atoms with Gasteiger partial charge in [-0.25, -0.2) is 4.98 Å². The van der Waals surface area contributed by atoms with Crippen LogP contribution in [0.25, 0.3) is 10.2 Å². The van der Waals surface area contributed by atoms with Crippen LogP contribution in [0.3, 0.4) is 0 Å².